The van der Waals surface area contributed by atoms with E-state index in [0.29, 0.717) is 23.2 Å². The first-order valence-corrected chi connectivity index (χ1v) is 8.52. The first kappa shape index (κ1) is 19.5. The number of amides is 2. The molecule has 0 radical (unpaired) electrons. The fourth-order valence-electron chi connectivity index (χ4n) is 2.74. The molecule has 1 heterocycles. The highest BCUT2D eigenvalue weighted by Gasteiger charge is 2.28. The van der Waals surface area contributed by atoms with Gasteiger partial charge in [0.25, 0.3) is 0 Å². The molecule has 0 aliphatic rings. The summed E-state index contributed by atoms with van der Waals surface area (Å²) in [6, 6.07) is 11.3. The minimum atomic E-state index is -1.74. The summed E-state index contributed by atoms with van der Waals surface area (Å²) in [7, 11) is 0. The van der Waals surface area contributed by atoms with Crippen molar-refractivity contribution in [2.24, 2.45) is 0 Å². The number of aliphatic hydroxyl groups is 1. The average Bonchev–Trinajstić information content (AvgIpc) is 3.01. The fraction of sp³-hybridized carbons (Fsp3) is 0.200. The van der Waals surface area contributed by atoms with Crippen molar-refractivity contribution in [1.29, 1.82) is 0 Å². The van der Waals surface area contributed by atoms with Crippen molar-refractivity contribution in [1.82, 2.24) is 10.5 Å². The van der Waals surface area contributed by atoms with E-state index < -0.39 is 23.3 Å². The molecule has 28 heavy (non-hydrogen) atoms. The van der Waals surface area contributed by atoms with Crippen molar-refractivity contribution < 1.29 is 23.2 Å². The van der Waals surface area contributed by atoms with Crippen LogP contribution >= 0.6 is 0 Å². The Morgan fingerprint density at radius 1 is 1.21 bits per heavy atom. The average molecular weight is 387 g/mol. The van der Waals surface area contributed by atoms with Gasteiger partial charge in [0.1, 0.15) is 28.6 Å². The third-order valence-electron chi connectivity index (χ3n) is 4.24. The summed E-state index contributed by atoms with van der Waals surface area (Å²) in [5.74, 6) is -1.25. The first-order valence-electron chi connectivity index (χ1n) is 8.52. The number of hydrogen-bond donors (Lipinski definition) is 3. The van der Waals surface area contributed by atoms with Crippen molar-refractivity contribution in [2.45, 2.75) is 19.4 Å². The summed E-state index contributed by atoms with van der Waals surface area (Å²) < 4.78 is 32.3. The Labute approximate surface area is 160 Å². The molecule has 3 rings (SSSR count). The lowest BCUT2D eigenvalue weighted by molar-refractivity contribution is 0.0561. The SMILES string of the molecule is Cc1noc(-c2ccccc2)c1NC(=O)NCC(C)(O)c1ccc(F)cc1F. The van der Waals surface area contributed by atoms with E-state index in [2.05, 4.69) is 15.8 Å². The molecular formula is C20H19F2N3O3. The van der Waals surface area contributed by atoms with Gasteiger partial charge >= 0.3 is 6.03 Å². The number of nitrogens with one attached hydrogen (secondary N) is 2. The topological polar surface area (TPSA) is 87.4 Å². The highest BCUT2D eigenvalue weighted by atomic mass is 19.1. The van der Waals surface area contributed by atoms with Crippen LogP contribution in [0.1, 0.15) is 18.2 Å². The van der Waals surface area contributed by atoms with E-state index in [1.807, 2.05) is 30.3 Å². The minimum Gasteiger partial charge on any atom is -0.383 e. The van der Waals surface area contributed by atoms with Gasteiger partial charge in [-0.1, -0.05) is 41.6 Å². The molecule has 3 N–H and O–H groups in total. The molecule has 3 aromatic rings. The summed E-state index contributed by atoms with van der Waals surface area (Å²) in [5, 5.41) is 19.5. The number of urea groups is 1. The number of carbonyl (C=O) groups excluding carboxylic acids is 1. The molecule has 0 aliphatic carbocycles. The van der Waals surface area contributed by atoms with Gasteiger partial charge in [-0.05, 0) is 19.9 Å². The highest BCUT2D eigenvalue weighted by molar-refractivity contribution is 5.93. The Morgan fingerprint density at radius 2 is 1.93 bits per heavy atom. The second-order valence-corrected chi connectivity index (χ2v) is 6.54. The van der Waals surface area contributed by atoms with Gasteiger partial charge < -0.3 is 20.3 Å². The van der Waals surface area contributed by atoms with Crippen molar-refractivity contribution in [2.75, 3.05) is 11.9 Å². The minimum absolute atomic E-state index is 0.125. The lowest BCUT2D eigenvalue weighted by Gasteiger charge is -2.24. The summed E-state index contributed by atoms with van der Waals surface area (Å²) >= 11 is 0. The van der Waals surface area contributed by atoms with Gasteiger partial charge in [-0.2, -0.15) is 0 Å². The van der Waals surface area contributed by atoms with Crippen molar-refractivity contribution >= 4 is 11.7 Å². The van der Waals surface area contributed by atoms with Gasteiger partial charge in [0, 0.05) is 17.2 Å². The van der Waals surface area contributed by atoms with Crippen LogP contribution in [-0.2, 0) is 5.60 Å². The van der Waals surface area contributed by atoms with Crippen LogP contribution in [0.25, 0.3) is 11.3 Å². The van der Waals surface area contributed by atoms with Crippen LogP contribution in [0.4, 0.5) is 19.3 Å². The number of rotatable bonds is 5. The number of hydrogen-bond acceptors (Lipinski definition) is 4. The summed E-state index contributed by atoms with van der Waals surface area (Å²) in [6.07, 6.45) is 0. The standard InChI is InChI=1S/C20H19F2N3O3/c1-12-17(18(28-25-12)13-6-4-3-5-7-13)24-19(26)23-11-20(2,27)15-9-8-14(21)10-16(15)22/h3-10,27H,11H2,1-2H3,(H2,23,24,26). The van der Waals surface area contributed by atoms with Crippen LogP contribution in [0.5, 0.6) is 0 Å². The maximum Gasteiger partial charge on any atom is 0.319 e. The zero-order valence-electron chi connectivity index (χ0n) is 15.3. The van der Waals surface area contributed by atoms with Gasteiger partial charge in [-0.3, -0.25) is 0 Å². The van der Waals surface area contributed by atoms with Gasteiger partial charge in [0.05, 0.1) is 6.54 Å². The molecule has 2 amide bonds. The molecule has 2 aromatic carbocycles. The number of nitrogens with zero attached hydrogens (tertiary/aromatic N) is 1. The van der Waals surface area contributed by atoms with Crippen LogP contribution in [0.15, 0.2) is 53.1 Å². The van der Waals surface area contributed by atoms with E-state index in [1.165, 1.54) is 6.92 Å². The predicted octanol–water partition coefficient (Wildman–Crippen LogP) is 3.96. The number of aromatic nitrogens is 1. The number of benzene rings is 2. The largest absolute Gasteiger partial charge is 0.383 e. The fourth-order valence-corrected chi connectivity index (χ4v) is 2.74. The molecule has 8 heteroatoms. The zero-order valence-corrected chi connectivity index (χ0v) is 15.3. The molecule has 146 valence electrons. The lowest BCUT2D eigenvalue weighted by atomic mass is 9.95. The van der Waals surface area contributed by atoms with Crippen LogP contribution in [-0.4, -0.2) is 22.8 Å². The summed E-state index contributed by atoms with van der Waals surface area (Å²) in [4.78, 5) is 12.3. The molecule has 0 spiro atoms. The third kappa shape index (κ3) is 4.17. The van der Waals surface area contributed by atoms with E-state index in [1.54, 1.807) is 6.92 Å². The van der Waals surface area contributed by atoms with Crippen molar-refractivity contribution in [3.63, 3.8) is 0 Å². The molecule has 1 unspecified atom stereocenters. The molecule has 0 bridgehead atoms. The quantitative estimate of drug-likeness (QED) is 0.618. The van der Waals surface area contributed by atoms with Crippen molar-refractivity contribution in [3.8, 4) is 11.3 Å². The molecule has 0 saturated heterocycles. The number of aryl methyl sites for hydroxylation is 1. The monoisotopic (exact) mass is 387 g/mol. The Balaban J connectivity index is 1.71. The molecule has 0 saturated carbocycles. The normalized spacial score (nSPS) is 13.0. The molecular weight excluding hydrogens is 368 g/mol. The van der Waals surface area contributed by atoms with Crippen LogP contribution in [0.2, 0.25) is 0 Å². The van der Waals surface area contributed by atoms with E-state index >= 15 is 0 Å². The summed E-state index contributed by atoms with van der Waals surface area (Å²) in [6.45, 7) is 2.70. The maximum atomic E-state index is 13.9. The number of carbonyl (C=O) groups is 1. The van der Waals surface area contributed by atoms with E-state index in [0.717, 1.165) is 17.7 Å². The molecule has 6 nitrogen and oxygen atoms in total. The second kappa shape index (κ2) is 7.77. The van der Waals surface area contributed by atoms with Crippen molar-refractivity contribution in [3.05, 3.63) is 71.4 Å². The van der Waals surface area contributed by atoms with Crippen LogP contribution < -0.4 is 10.6 Å². The van der Waals surface area contributed by atoms with Gasteiger partial charge in [0.2, 0.25) is 0 Å². The van der Waals surface area contributed by atoms with E-state index in [9.17, 15) is 18.7 Å². The van der Waals surface area contributed by atoms with Gasteiger partial charge in [-0.15, -0.1) is 0 Å². The molecule has 0 aliphatic heterocycles. The smallest absolute Gasteiger partial charge is 0.319 e. The lowest BCUT2D eigenvalue weighted by Crippen LogP contribution is -2.41. The highest BCUT2D eigenvalue weighted by Crippen LogP contribution is 2.30. The number of anilines is 1. The Hall–Kier alpha value is -3.26. The number of halogens is 2. The third-order valence-corrected chi connectivity index (χ3v) is 4.24. The Bertz CT molecular complexity index is 988. The van der Waals surface area contributed by atoms with E-state index in [4.69, 9.17) is 4.52 Å². The van der Waals surface area contributed by atoms with E-state index in [-0.39, 0.29) is 12.1 Å². The molecule has 1 atom stereocenters. The Morgan fingerprint density at radius 3 is 2.61 bits per heavy atom. The second-order valence-electron chi connectivity index (χ2n) is 6.54. The van der Waals surface area contributed by atoms with Crippen LogP contribution in [0, 0.1) is 18.6 Å². The van der Waals surface area contributed by atoms with Crippen LogP contribution in [0.3, 0.4) is 0 Å². The Kier molecular flexibility index (Phi) is 5.41. The van der Waals surface area contributed by atoms with Gasteiger partial charge in [-0.25, -0.2) is 13.6 Å². The van der Waals surface area contributed by atoms with Gasteiger partial charge in [0.15, 0.2) is 5.76 Å². The summed E-state index contributed by atoms with van der Waals surface area (Å²) in [5.41, 5.74) is -0.262. The molecule has 0 fully saturated rings. The maximum absolute atomic E-state index is 13.9. The zero-order chi connectivity index (χ0) is 20.3. The first-order chi connectivity index (χ1) is 13.3. The predicted molar refractivity (Wildman–Crippen MR) is 99.6 cm³/mol. The molecule has 1 aromatic heterocycles.